The van der Waals surface area contributed by atoms with E-state index in [1.54, 1.807) is 0 Å². The Morgan fingerprint density at radius 3 is 2.31 bits per heavy atom. The predicted octanol–water partition coefficient (Wildman–Crippen LogP) is 3.61. The summed E-state index contributed by atoms with van der Waals surface area (Å²) in [5, 5.41) is 10.5. The molecule has 1 N–H and O–H groups in total. The van der Waals surface area contributed by atoms with Crippen LogP contribution in [0, 0.1) is 28.1 Å². The van der Waals surface area contributed by atoms with Gasteiger partial charge in [-0.2, -0.15) is 0 Å². The van der Waals surface area contributed by atoms with Gasteiger partial charge in [0.1, 0.15) is 0 Å². The zero-order valence-electron chi connectivity index (χ0n) is 11.2. The Balaban J connectivity index is 2.10. The van der Waals surface area contributed by atoms with Gasteiger partial charge in [-0.25, -0.2) is 0 Å². The predicted molar refractivity (Wildman–Crippen MR) is 66.1 cm³/mol. The van der Waals surface area contributed by atoms with Gasteiger partial charge in [-0.15, -0.1) is 0 Å². The van der Waals surface area contributed by atoms with Gasteiger partial charge in [-0.3, -0.25) is 0 Å². The molecule has 3 fully saturated rings. The molecule has 0 aliphatic heterocycles. The summed E-state index contributed by atoms with van der Waals surface area (Å²) in [6.07, 6.45) is 6.36. The largest absolute Gasteiger partial charge is 0.393 e. The van der Waals surface area contributed by atoms with E-state index in [1.165, 1.54) is 25.7 Å². The van der Waals surface area contributed by atoms with Crippen LogP contribution < -0.4 is 0 Å². The maximum absolute atomic E-state index is 10.5. The third-order valence-electron chi connectivity index (χ3n) is 6.80. The molecule has 3 aliphatic rings. The van der Waals surface area contributed by atoms with E-state index in [-0.39, 0.29) is 6.10 Å². The summed E-state index contributed by atoms with van der Waals surface area (Å²) in [7, 11) is 0. The third kappa shape index (κ3) is 1.02. The number of hydrogen-bond acceptors (Lipinski definition) is 1. The van der Waals surface area contributed by atoms with Crippen molar-refractivity contribution in [3.8, 4) is 0 Å². The van der Waals surface area contributed by atoms with Gasteiger partial charge >= 0.3 is 0 Å². The van der Waals surface area contributed by atoms with E-state index >= 15 is 0 Å². The Morgan fingerprint density at radius 1 is 1.00 bits per heavy atom. The quantitative estimate of drug-likeness (QED) is 0.664. The average molecular weight is 222 g/mol. The van der Waals surface area contributed by atoms with Gasteiger partial charge in [0.05, 0.1) is 6.10 Å². The van der Waals surface area contributed by atoms with Crippen LogP contribution in [0.5, 0.6) is 0 Å². The molecular formula is C15H26O. The van der Waals surface area contributed by atoms with Crippen LogP contribution in [0.3, 0.4) is 0 Å². The van der Waals surface area contributed by atoms with Gasteiger partial charge in [0.2, 0.25) is 0 Å². The molecule has 16 heavy (non-hydrogen) atoms. The number of hydrogen-bond donors (Lipinski definition) is 1. The molecule has 0 saturated heterocycles. The van der Waals surface area contributed by atoms with Crippen LogP contribution >= 0.6 is 0 Å². The molecule has 4 atom stereocenters. The number of fused-ring (bicyclic) bond motifs is 1. The van der Waals surface area contributed by atoms with Crippen LogP contribution in [-0.2, 0) is 0 Å². The fourth-order valence-corrected chi connectivity index (χ4v) is 5.78. The summed E-state index contributed by atoms with van der Waals surface area (Å²) in [4.78, 5) is 0. The van der Waals surface area contributed by atoms with Gasteiger partial charge in [0, 0.05) is 0 Å². The molecule has 0 aromatic rings. The molecule has 3 rings (SSSR count). The summed E-state index contributed by atoms with van der Waals surface area (Å²) in [6.45, 7) is 9.73. The van der Waals surface area contributed by atoms with E-state index in [0.29, 0.717) is 22.2 Å². The Labute approximate surface area is 99.6 Å². The van der Waals surface area contributed by atoms with Crippen molar-refractivity contribution in [3.63, 3.8) is 0 Å². The second-order valence-electron chi connectivity index (χ2n) is 7.88. The molecule has 0 amide bonds. The summed E-state index contributed by atoms with van der Waals surface area (Å²) in [5.74, 6) is 1.42. The van der Waals surface area contributed by atoms with Crippen molar-refractivity contribution < 1.29 is 5.11 Å². The molecule has 0 aromatic carbocycles. The minimum Gasteiger partial charge on any atom is -0.393 e. The highest BCUT2D eigenvalue weighted by Crippen LogP contribution is 2.75. The smallest absolute Gasteiger partial charge is 0.0579 e. The lowest BCUT2D eigenvalue weighted by molar-refractivity contribution is -0.133. The van der Waals surface area contributed by atoms with Crippen molar-refractivity contribution in [2.75, 3.05) is 0 Å². The van der Waals surface area contributed by atoms with Crippen LogP contribution in [0.15, 0.2) is 0 Å². The average Bonchev–Trinajstić information content (AvgIpc) is 2.67. The molecule has 0 heterocycles. The highest BCUT2D eigenvalue weighted by atomic mass is 16.3. The first-order valence-corrected chi connectivity index (χ1v) is 6.99. The van der Waals surface area contributed by atoms with E-state index < -0.39 is 0 Å². The van der Waals surface area contributed by atoms with Crippen LogP contribution in [-0.4, -0.2) is 11.2 Å². The first kappa shape index (κ1) is 11.1. The minimum absolute atomic E-state index is 0.0340. The van der Waals surface area contributed by atoms with E-state index in [0.717, 1.165) is 12.3 Å². The first-order valence-electron chi connectivity index (χ1n) is 6.99. The lowest BCUT2D eigenvalue weighted by Gasteiger charge is -2.57. The summed E-state index contributed by atoms with van der Waals surface area (Å²) < 4.78 is 0. The molecule has 0 radical (unpaired) electrons. The zero-order valence-corrected chi connectivity index (χ0v) is 11.2. The lowest BCUT2D eigenvalue weighted by atomic mass is 9.48. The molecule has 2 unspecified atom stereocenters. The molecule has 3 saturated carbocycles. The second kappa shape index (κ2) is 2.85. The highest BCUT2D eigenvalue weighted by molar-refractivity contribution is 5.18. The molecule has 1 spiro atoms. The normalized spacial score (nSPS) is 52.7. The monoisotopic (exact) mass is 222 g/mol. The number of rotatable bonds is 0. The first-order chi connectivity index (χ1) is 7.31. The molecule has 1 heteroatoms. The van der Waals surface area contributed by atoms with E-state index in [4.69, 9.17) is 0 Å². The van der Waals surface area contributed by atoms with E-state index in [9.17, 15) is 5.11 Å². The fraction of sp³-hybridized carbons (Fsp3) is 1.00. The van der Waals surface area contributed by atoms with Crippen molar-refractivity contribution in [1.82, 2.24) is 0 Å². The molecule has 1 nitrogen and oxygen atoms in total. The zero-order chi connectivity index (χ0) is 11.8. The maximum Gasteiger partial charge on any atom is 0.0579 e. The van der Waals surface area contributed by atoms with Crippen LogP contribution in [0.1, 0.15) is 59.8 Å². The summed E-state index contributed by atoms with van der Waals surface area (Å²) in [6, 6.07) is 0. The second-order valence-corrected chi connectivity index (χ2v) is 7.88. The van der Waals surface area contributed by atoms with Crippen LogP contribution in [0.25, 0.3) is 0 Å². The third-order valence-corrected chi connectivity index (χ3v) is 6.80. The minimum atomic E-state index is -0.0340. The van der Waals surface area contributed by atoms with Crippen molar-refractivity contribution in [1.29, 1.82) is 0 Å². The van der Waals surface area contributed by atoms with Crippen LogP contribution in [0.4, 0.5) is 0 Å². The van der Waals surface area contributed by atoms with Gasteiger partial charge in [-0.1, -0.05) is 27.7 Å². The Morgan fingerprint density at radius 2 is 1.69 bits per heavy atom. The SMILES string of the molecule is CC1(C)C2C(O)CCC(C)(C)[C@]23CC[C@H]1C3. The number of aliphatic hydroxyl groups excluding tert-OH is 1. The van der Waals surface area contributed by atoms with Crippen molar-refractivity contribution in [3.05, 3.63) is 0 Å². The molecule has 92 valence electrons. The van der Waals surface area contributed by atoms with Crippen molar-refractivity contribution in [2.45, 2.75) is 65.9 Å². The summed E-state index contributed by atoms with van der Waals surface area (Å²) >= 11 is 0. The summed E-state index contributed by atoms with van der Waals surface area (Å²) in [5.41, 5.74) is 1.27. The van der Waals surface area contributed by atoms with Gasteiger partial charge in [0.15, 0.2) is 0 Å². The topological polar surface area (TPSA) is 20.2 Å². The molecular weight excluding hydrogens is 196 g/mol. The fourth-order valence-electron chi connectivity index (χ4n) is 5.78. The van der Waals surface area contributed by atoms with Gasteiger partial charge < -0.3 is 5.11 Å². The molecule has 3 aliphatic carbocycles. The van der Waals surface area contributed by atoms with E-state index in [1.807, 2.05) is 0 Å². The maximum atomic E-state index is 10.5. The molecule has 2 bridgehead atoms. The highest BCUT2D eigenvalue weighted by Gasteiger charge is 2.69. The Bertz CT molecular complexity index is 315. The number of aliphatic hydroxyl groups is 1. The lowest BCUT2D eigenvalue weighted by Crippen LogP contribution is -2.54. The van der Waals surface area contributed by atoms with Crippen molar-refractivity contribution >= 4 is 0 Å². The van der Waals surface area contributed by atoms with Gasteiger partial charge in [-0.05, 0) is 60.2 Å². The Hall–Kier alpha value is -0.0400. The Kier molecular flexibility index (Phi) is 1.98. The van der Waals surface area contributed by atoms with Gasteiger partial charge in [0.25, 0.3) is 0 Å². The van der Waals surface area contributed by atoms with Crippen LogP contribution in [0.2, 0.25) is 0 Å². The van der Waals surface area contributed by atoms with E-state index in [2.05, 4.69) is 27.7 Å². The van der Waals surface area contributed by atoms with Crippen molar-refractivity contribution in [2.24, 2.45) is 28.1 Å². The molecule has 0 aromatic heterocycles. The standard InChI is InChI=1S/C15H26O/c1-13(2)7-6-11(16)12-14(3,4)10-5-8-15(12,13)9-10/h10-12,16H,5-9H2,1-4H3/t10-,11?,12?,15-/m0/s1.